The molecule has 6 nitrogen and oxygen atoms in total. The summed E-state index contributed by atoms with van der Waals surface area (Å²) in [5.41, 5.74) is 0.858. The van der Waals surface area contributed by atoms with Gasteiger partial charge in [0.15, 0.2) is 0 Å². The molecule has 0 spiro atoms. The van der Waals surface area contributed by atoms with E-state index in [0.29, 0.717) is 0 Å². The van der Waals surface area contributed by atoms with Crippen LogP contribution < -0.4 is 4.72 Å². The normalized spacial score (nSPS) is 16.3. The van der Waals surface area contributed by atoms with Gasteiger partial charge in [0.1, 0.15) is 6.61 Å². The third-order valence-electron chi connectivity index (χ3n) is 4.13. The lowest BCUT2D eigenvalue weighted by Gasteiger charge is -2.39. The molecule has 27 heavy (non-hydrogen) atoms. The first kappa shape index (κ1) is 21.6. The molecule has 1 aliphatic rings. The summed E-state index contributed by atoms with van der Waals surface area (Å²) in [4.78, 5) is 13.2. The van der Waals surface area contributed by atoms with Gasteiger partial charge in [0.25, 0.3) is 0 Å². The van der Waals surface area contributed by atoms with Crippen LogP contribution in [0.3, 0.4) is 0 Å². The van der Waals surface area contributed by atoms with Gasteiger partial charge >= 0.3 is 6.18 Å². The molecule has 1 aliphatic heterocycles. The molecule has 2 rings (SSSR count). The number of rotatable bonds is 6. The molecule has 0 radical (unpaired) electrons. The number of likely N-dealkylation sites (tertiary alicyclic amines) is 1. The molecule has 1 heterocycles. The lowest BCUT2D eigenvalue weighted by Crippen LogP contribution is -2.57. The van der Waals surface area contributed by atoms with Crippen molar-refractivity contribution in [3.63, 3.8) is 0 Å². The van der Waals surface area contributed by atoms with E-state index < -0.39 is 41.4 Å². The number of sulfonamides is 1. The number of nitrogens with zero attached hydrogens (tertiary/aromatic N) is 1. The topological polar surface area (TPSA) is 75.7 Å². The minimum atomic E-state index is -4.41. The average Bonchev–Trinajstić information content (AvgIpc) is 2.49. The molecule has 10 heteroatoms. The quantitative estimate of drug-likeness (QED) is 0.782. The number of nitrogens with one attached hydrogen (secondary N) is 1. The van der Waals surface area contributed by atoms with Crippen molar-refractivity contribution in [2.24, 2.45) is 0 Å². The Morgan fingerprint density at radius 3 is 2.22 bits per heavy atom. The largest absolute Gasteiger partial charge is 0.411 e. The van der Waals surface area contributed by atoms with Crippen molar-refractivity contribution in [2.45, 2.75) is 43.4 Å². The fourth-order valence-corrected chi connectivity index (χ4v) is 3.42. The molecule has 1 aromatic rings. The highest BCUT2D eigenvalue weighted by molar-refractivity contribution is 7.89. The number of amides is 1. The Bertz CT molecular complexity index is 765. The molecule has 0 bridgehead atoms. The van der Waals surface area contributed by atoms with Gasteiger partial charge in [-0.2, -0.15) is 13.2 Å². The van der Waals surface area contributed by atoms with Crippen molar-refractivity contribution in [2.75, 3.05) is 26.2 Å². The van der Waals surface area contributed by atoms with Crippen LogP contribution in [0.5, 0.6) is 0 Å². The summed E-state index contributed by atoms with van der Waals surface area (Å²) in [6, 6.07) is 6.37. The van der Waals surface area contributed by atoms with Gasteiger partial charge in [-0.1, -0.05) is 32.9 Å². The average molecular weight is 408 g/mol. The Balaban J connectivity index is 1.83. The summed E-state index contributed by atoms with van der Waals surface area (Å²) in [5, 5.41) is 0. The van der Waals surface area contributed by atoms with Gasteiger partial charge in [0, 0.05) is 13.1 Å². The maximum absolute atomic E-state index is 12.3. The Morgan fingerprint density at radius 2 is 1.74 bits per heavy atom. The summed E-state index contributed by atoms with van der Waals surface area (Å²) >= 11 is 0. The number of halogens is 3. The molecule has 1 fully saturated rings. The second-order valence-electron chi connectivity index (χ2n) is 7.45. The minimum absolute atomic E-state index is 0.0108. The van der Waals surface area contributed by atoms with Gasteiger partial charge in [-0.05, 0) is 23.1 Å². The fraction of sp³-hybridized carbons (Fsp3) is 0.588. The van der Waals surface area contributed by atoms with E-state index >= 15 is 0 Å². The predicted molar refractivity (Wildman–Crippen MR) is 92.7 cm³/mol. The summed E-state index contributed by atoms with van der Waals surface area (Å²) < 4.78 is 67.5. The van der Waals surface area contributed by atoms with Crippen LogP contribution in [0.15, 0.2) is 29.2 Å². The summed E-state index contributed by atoms with van der Waals surface area (Å²) in [5.74, 6) is -0.517. The van der Waals surface area contributed by atoms with Crippen molar-refractivity contribution in [3.05, 3.63) is 29.8 Å². The fourth-order valence-electron chi connectivity index (χ4n) is 2.45. The van der Waals surface area contributed by atoms with E-state index in [4.69, 9.17) is 0 Å². The highest BCUT2D eigenvalue weighted by atomic mass is 32.2. The van der Waals surface area contributed by atoms with Gasteiger partial charge < -0.3 is 9.64 Å². The lowest BCUT2D eigenvalue weighted by atomic mass is 9.87. The molecular weight excluding hydrogens is 385 g/mol. The Kier molecular flexibility index (Phi) is 6.23. The van der Waals surface area contributed by atoms with Gasteiger partial charge in [-0.25, -0.2) is 13.1 Å². The number of hydrogen-bond acceptors (Lipinski definition) is 4. The van der Waals surface area contributed by atoms with Crippen molar-refractivity contribution in [1.82, 2.24) is 9.62 Å². The van der Waals surface area contributed by atoms with E-state index in [-0.39, 0.29) is 23.4 Å². The maximum Gasteiger partial charge on any atom is 0.411 e. The smallest absolute Gasteiger partial charge is 0.365 e. The van der Waals surface area contributed by atoms with Gasteiger partial charge in [-0.15, -0.1) is 0 Å². The van der Waals surface area contributed by atoms with Gasteiger partial charge in [0.05, 0.1) is 17.5 Å². The summed E-state index contributed by atoms with van der Waals surface area (Å²) in [6.45, 7) is 4.21. The molecule has 0 saturated carbocycles. The van der Waals surface area contributed by atoms with Gasteiger partial charge in [0.2, 0.25) is 15.9 Å². The Labute approximate surface area is 156 Å². The van der Waals surface area contributed by atoms with E-state index in [9.17, 15) is 26.4 Å². The van der Waals surface area contributed by atoms with E-state index in [1.54, 1.807) is 12.1 Å². The zero-order chi connectivity index (χ0) is 20.5. The monoisotopic (exact) mass is 408 g/mol. The summed E-state index contributed by atoms with van der Waals surface area (Å²) in [7, 11) is -3.86. The SMILES string of the molecule is CC(C)(C)c1ccc(S(=O)(=O)NCC(=O)N2CC(OCC(F)(F)F)C2)cc1. The van der Waals surface area contributed by atoms with Crippen molar-refractivity contribution in [1.29, 1.82) is 0 Å². The zero-order valence-electron chi connectivity index (χ0n) is 15.3. The Hall–Kier alpha value is -1.65. The van der Waals surface area contributed by atoms with Crippen molar-refractivity contribution < 1.29 is 31.1 Å². The maximum atomic E-state index is 12.3. The molecule has 0 atom stereocenters. The summed E-state index contributed by atoms with van der Waals surface area (Å²) in [6.07, 6.45) is -5.10. The number of hydrogen-bond donors (Lipinski definition) is 1. The second-order valence-corrected chi connectivity index (χ2v) is 9.21. The first-order chi connectivity index (χ1) is 12.3. The van der Waals surface area contributed by atoms with E-state index in [0.717, 1.165) is 5.56 Å². The molecule has 0 aromatic heterocycles. The highest BCUT2D eigenvalue weighted by Crippen LogP contribution is 2.23. The van der Waals surface area contributed by atoms with Crippen LogP contribution in [0.2, 0.25) is 0 Å². The molecule has 152 valence electrons. The second kappa shape index (κ2) is 7.76. The molecule has 1 amide bonds. The van der Waals surface area contributed by atoms with Crippen LogP contribution in [-0.2, 0) is 25.0 Å². The van der Waals surface area contributed by atoms with E-state index in [1.807, 2.05) is 20.8 Å². The van der Waals surface area contributed by atoms with Gasteiger partial charge in [-0.3, -0.25) is 4.79 Å². The van der Waals surface area contributed by atoms with Crippen LogP contribution in [0.25, 0.3) is 0 Å². The van der Waals surface area contributed by atoms with E-state index in [1.165, 1.54) is 17.0 Å². The van der Waals surface area contributed by atoms with Crippen LogP contribution in [0, 0.1) is 0 Å². The molecule has 1 aromatic carbocycles. The molecule has 1 N–H and O–H groups in total. The standard InChI is InChI=1S/C17H23F3N2O4S/c1-16(2,3)12-4-6-14(7-5-12)27(24,25)21-8-15(23)22-9-13(10-22)26-11-17(18,19)20/h4-7,13,21H,8-11H2,1-3H3. The lowest BCUT2D eigenvalue weighted by molar-refractivity contribution is -0.199. The molecule has 1 saturated heterocycles. The number of carbonyl (C=O) groups excluding carboxylic acids is 1. The molecule has 0 aliphatic carbocycles. The minimum Gasteiger partial charge on any atom is -0.365 e. The van der Waals surface area contributed by atoms with Crippen LogP contribution in [0.1, 0.15) is 26.3 Å². The first-order valence-corrected chi connectivity index (χ1v) is 9.82. The van der Waals surface area contributed by atoms with E-state index in [2.05, 4.69) is 9.46 Å². The highest BCUT2D eigenvalue weighted by Gasteiger charge is 2.36. The van der Waals surface area contributed by atoms with Crippen LogP contribution >= 0.6 is 0 Å². The van der Waals surface area contributed by atoms with Crippen molar-refractivity contribution in [3.8, 4) is 0 Å². The zero-order valence-corrected chi connectivity index (χ0v) is 16.2. The number of benzene rings is 1. The molecular formula is C17H23F3N2O4S. The Morgan fingerprint density at radius 1 is 1.19 bits per heavy atom. The molecule has 0 unspecified atom stereocenters. The number of ether oxygens (including phenoxy) is 1. The van der Waals surface area contributed by atoms with Crippen LogP contribution in [-0.4, -0.2) is 57.7 Å². The third-order valence-corrected chi connectivity index (χ3v) is 5.54. The third kappa shape index (κ3) is 6.18. The van der Waals surface area contributed by atoms with Crippen LogP contribution in [0.4, 0.5) is 13.2 Å². The van der Waals surface area contributed by atoms with Crippen molar-refractivity contribution >= 4 is 15.9 Å². The first-order valence-electron chi connectivity index (χ1n) is 8.34. The predicted octanol–water partition coefficient (Wildman–Crippen LogP) is 2.05. The number of alkyl halides is 3. The number of carbonyl (C=O) groups is 1.